The van der Waals surface area contributed by atoms with Gasteiger partial charge in [0, 0.05) is 37.9 Å². The molecule has 0 bridgehead atoms. The predicted octanol–water partition coefficient (Wildman–Crippen LogP) is 2.02. The Morgan fingerprint density at radius 2 is 2.13 bits per heavy atom. The number of carboxylic acid groups (broad SMARTS) is 1. The Morgan fingerprint density at radius 3 is 2.78 bits per heavy atom. The molecule has 1 aliphatic heterocycles. The average Bonchev–Trinajstić information content (AvgIpc) is 2.58. The molecular weight excluding hydrogens is 296 g/mol. The maximum absolute atomic E-state index is 12.2. The van der Waals surface area contributed by atoms with E-state index in [9.17, 15) is 9.59 Å². The molecule has 23 heavy (non-hydrogen) atoms. The molecule has 7 heteroatoms. The van der Waals surface area contributed by atoms with Crippen molar-refractivity contribution in [1.29, 1.82) is 0 Å². The van der Waals surface area contributed by atoms with Crippen LogP contribution in [0.5, 0.6) is 0 Å². The lowest BCUT2D eigenvalue weighted by atomic mass is 9.97. The van der Waals surface area contributed by atoms with E-state index in [2.05, 4.69) is 22.5 Å². The van der Waals surface area contributed by atoms with Gasteiger partial charge in [-0.15, -0.1) is 0 Å². The first-order valence-electron chi connectivity index (χ1n) is 8.06. The Kier molecular flexibility index (Phi) is 6.19. The molecule has 0 atom stereocenters. The minimum Gasteiger partial charge on any atom is -0.465 e. The number of rotatable bonds is 6. The lowest BCUT2D eigenvalue weighted by Crippen LogP contribution is -2.40. The normalized spacial score (nSPS) is 15.3. The predicted molar refractivity (Wildman–Crippen MR) is 87.7 cm³/mol. The number of pyridine rings is 1. The van der Waals surface area contributed by atoms with Crippen molar-refractivity contribution in [2.45, 2.75) is 26.2 Å². The smallest absolute Gasteiger partial charge is 0.407 e. The average molecular weight is 320 g/mol. The highest BCUT2D eigenvalue weighted by Gasteiger charge is 2.22. The van der Waals surface area contributed by atoms with Crippen molar-refractivity contribution in [1.82, 2.24) is 15.2 Å². The first-order valence-corrected chi connectivity index (χ1v) is 8.06. The van der Waals surface area contributed by atoms with Crippen molar-refractivity contribution < 1.29 is 14.7 Å². The van der Waals surface area contributed by atoms with Crippen molar-refractivity contribution >= 4 is 17.8 Å². The standard InChI is InChI=1S/C16H24N4O3/c1-2-6-17-14-10-13(3-7-18-14)15(21)19-11-12-4-8-20(9-5-12)16(22)23/h3,7,10,12H,2,4-6,8-9,11H2,1H3,(H,17,18)(H,19,21)(H,22,23). The molecule has 1 fully saturated rings. The van der Waals surface area contributed by atoms with E-state index < -0.39 is 6.09 Å². The van der Waals surface area contributed by atoms with Gasteiger partial charge in [-0.3, -0.25) is 4.79 Å². The van der Waals surface area contributed by atoms with Crippen LogP contribution >= 0.6 is 0 Å². The quantitative estimate of drug-likeness (QED) is 0.745. The molecule has 7 nitrogen and oxygen atoms in total. The van der Waals surface area contributed by atoms with Crippen LogP contribution in [0.25, 0.3) is 0 Å². The van der Waals surface area contributed by atoms with E-state index in [4.69, 9.17) is 5.11 Å². The number of piperidine rings is 1. The van der Waals surface area contributed by atoms with Crippen LogP contribution < -0.4 is 10.6 Å². The van der Waals surface area contributed by atoms with Gasteiger partial charge in [0.1, 0.15) is 5.82 Å². The number of carbonyl (C=O) groups excluding carboxylic acids is 1. The topological polar surface area (TPSA) is 94.6 Å². The summed E-state index contributed by atoms with van der Waals surface area (Å²) in [6.45, 7) is 4.54. The molecule has 0 aromatic carbocycles. The monoisotopic (exact) mass is 320 g/mol. The molecule has 126 valence electrons. The van der Waals surface area contributed by atoms with E-state index in [1.54, 1.807) is 18.3 Å². The number of hydrogen-bond donors (Lipinski definition) is 3. The highest BCUT2D eigenvalue weighted by molar-refractivity contribution is 5.94. The van der Waals surface area contributed by atoms with Gasteiger partial charge in [0.2, 0.25) is 0 Å². The largest absolute Gasteiger partial charge is 0.465 e. The summed E-state index contributed by atoms with van der Waals surface area (Å²) < 4.78 is 0. The van der Waals surface area contributed by atoms with Gasteiger partial charge in [0.15, 0.2) is 0 Å². The number of aromatic nitrogens is 1. The number of hydrogen-bond acceptors (Lipinski definition) is 4. The zero-order valence-corrected chi connectivity index (χ0v) is 13.4. The van der Waals surface area contributed by atoms with Crippen LogP contribution in [-0.4, -0.2) is 53.2 Å². The zero-order chi connectivity index (χ0) is 16.7. The maximum Gasteiger partial charge on any atom is 0.407 e. The molecule has 0 unspecified atom stereocenters. The lowest BCUT2D eigenvalue weighted by Gasteiger charge is -2.29. The van der Waals surface area contributed by atoms with Crippen molar-refractivity contribution in [3.05, 3.63) is 23.9 Å². The van der Waals surface area contributed by atoms with Gasteiger partial charge in [-0.05, 0) is 37.3 Å². The molecule has 0 aliphatic carbocycles. The molecular formula is C16H24N4O3. The molecule has 1 saturated heterocycles. The Hall–Kier alpha value is -2.31. The number of nitrogens with one attached hydrogen (secondary N) is 2. The maximum atomic E-state index is 12.2. The minimum absolute atomic E-state index is 0.118. The summed E-state index contributed by atoms with van der Waals surface area (Å²) >= 11 is 0. The third-order valence-electron chi connectivity index (χ3n) is 4.01. The second-order valence-electron chi connectivity index (χ2n) is 5.78. The number of anilines is 1. The second-order valence-corrected chi connectivity index (χ2v) is 5.78. The molecule has 1 aliphatic rings. The van der Waals surface area contributed by atoms with Gasteiger partial charge >= 0.3 is 6.09 Å². The summed E-state index contributed by atoms with van der Waals surface area (Å²) in [5, 5.41) is 15.0. The zero-order valence-electron chi connectivity index (χ0n) is 13.4. The van der Waals surface area contributed by atoms with Crippen LogP contribution in [0.4, 0.5) is 10.6 Å². The molecule has 2 rings (SSSR count). The highest BCUT2D eigenvalue weighted by atomic mass is 16.4. The molecule has 0 radical (unpaired) electrons. The Balaban J connectivity index is 1.80. The molecule has 1 aromatic rings. The second kappa shape index (κ2) is 8.36. The SMILES string of the molecule is CCCNc1cc(C(=O)NCC2CCN(C(=O)O)CC2)ccn1. The summed E-state index contributed by atoms with van der Waals surface area (Å²) in [5.41, 5.74) is 0.585. The van der Waals surface area contributed by atoms with Crippen LogP contribution in [0.15, 0.2) is 18.3 Å². The summed E-state index contributed by atoms with van der Waals surface area (Å²) in [6, 6.07) is 3.44. The molecule has 3 N–H and O–H groups in total. The number of nitrogens with zero attached hydrogens (tertiary/aromatic N) is 2. The van der Waals surface area contributed by atoms with Gasteiger partial charge in [0.25, 0.3) is 5.91 Å². The van der Waals surface area contributed by atoms with Crippen molar-refractivity contribution in [2.24, 2.45) is 5.92 Å². The van der Waals surface area contributed by atoms with E-state index in [0.29, 0.717) is 36.9 Å². The fraction of sp³-hybridized carbons (Fsp3) is 0.562. The number of amides is 2. The fourth-order valence-electron chi connectivity index (χ4n) is 2.59. The van der Waals surface area contributed by atoms with Gasteiger partial charge in [-0.1, -0.05) is 6.92 Å². The first-order chi connectivity index (χ1) is 11.1. The summed E-state index contributed by atoms with van der Waals surface area (Å²) in [6.07, 6.45) is 3.32. The van der Waals surface area contributed by atoms with Gasteiger partial charge in [-0.2, -0.15) is 0 Å². The molecule has 0 saturated carbocycles. The van der Waals surface area contributed by atoms with Crippen LogP contribution in [-0.2, 0) is 0 Å². The third-order valence-corrected chi connectivity index (χ3v) is 4.01. The van der Waals surface area contributed by atoms with Gasteiger partial charge < -0.3 is 20.6 Å². The number of likely N-dealkylation sites (tertiary alicyclic amines) is 1. The van der Waals surface area contributed by atoms with E-state index in [0.717, 1.165) is 25.8 Å². The van der Waals surface area contributed by atoms with Crippen LogP contribution in [0.1, 0.15) is 36.5 Å². The van der Waals surface area contributed by atoms with Crippen LogP contribution in [0.2, 0.25) is 0 Å². The number of carbonyl (C=O) groups is 2. The molecule has 0 spiro atoms. The summed E-state index contributed by atoms with van der Waals surface area (Å²) in [5.74, 6) is 0.913. The van der Waals surface area contributed by atoms with E-state index in [1.807, 2.05) is 0 Å². The molecule has 2 heterocycles. The van der Waals surface area contributed by atoms with Gasteiger partial charge in [-0.25, -0.2) is 9.78 Å². The summed E-state index contributed by atoms with van der Waals surface area (Å²) in [4.78, 5) is 28.7. The molecule has 1 aromatic heterocycles. The lowest BCUT2D eigenvalue weighted by molar-refractivity contribution is 0.0928. The van der Waals surface area contributed by atoms with Crippen molar-refractivity contribution in [3.63, 3.8) is 0 Å². The van der Waals surface area contributed by atoms with Crippen LogP contribution in [0, 0.1) is 5.92 Å². The highest BCUT2D eigenvalue weighted by Crippen LogP contribution is 2.16. The Bertz CT molecular complexity index is 542. The van der Waals surface area contributed by atoms with Crippen molar-refractivity contribution in [3.8, 4) is 0 Å². The molecule has 2 amide bonds. The van der Waals surface area contributed by atoms with Crippen molar-refractivity contribution in [2.75, 3.05) is 31.5 Å². The third kappa shape index (κ3) is 5.12. The van der Waals surface area contributed by atoms with Gasteiger partial charge in [0.05, 0.1) is 0 Å². The Labute approximate surface area is 136 Å². The van der Waals surface area contributed by atoms with E-state index in [1.165, 1.54) is 4.90 Å². The minimum atomic E-state index is -0.864. The van der Waals surface area contributed by atoms with E-state index in [-0.39, 0.29) is 5.91 Å². The fourth-order valence-corrected chi connectivity index (χ4v) is 2.59. The summed E-state index contributed by atoms with van der Waals surface area (Å²) in [7, 11) is 0. The van der Waals surface area contributed by atoms with E-state index >= 15 is 0 Å². The Morgan fingerprint density at radius 1 is 1.39 bits per heavy atom. The van der Waals surface area contributed by atoms with Crippen LogP contribution in [0.3, 0.4) is 0 Å². The first kappa shape index (κ1) is 17.1.